The van der Waals surface area contributed by atoms with E-state index >= 15 is 0 Å². The predicted octanol–water partition coefficient (Wildman–Crippen LogP) is 1.21. The van der Waals surface area contributed by atoms with E-state index in [2.05, 4.69) is 0 Å². The number of carbonyl (C=O) groups excluding carboxylic acids is 1. The number of amides is 1. The zero-order valence-electron chi connectivity index (χ0n) is 9.80. The molecule has 1 aromatic carbocycles. The predicted molar refractivity (Wildman–Crippen MR) is 61.3 cm³/mol. The summed E-state index contributed by atoms with van der Waals surface area (Å²) in [5, 5.41) is 9.87. The summed E-state index contributed by atoms with van der Waals surface area (Å²) in [5.41, 5.74) is 0.772. The molecule has 1 atom stereocenters. The average molecular weight is 223 g/mol. The van der Waals surface area contributed by atoms with Crippen LogP contribution < -0.4 is 4.74 Å². The van der Waals surface area contributed by atoms with Gasteiger partial charge < -0.3 is 14.7 Å². The molecule has 0 fully saturated rings. The summed E-state index contributed by atoms with van der Waals surface area (Å²) in [6.45, 7) is 1.77. The molecule has 0 saturated heterocycles. The largest absolute Gasteiger partial charge is 0.497 e. The van der Waals surface area contributed by atoms with Crippen molar-refractivity contribution >= 4 is 5.91 Å². The van der Waals surface area contributed by atoms with Gasteiger partial charge in [0.2, 0.25) is 5.91 Å². The lowest BCUT2D eigenvalue weighted by Crippen LogP contribution is -2.28. The Hall–Kier alpha value is -1.55. The molecule has 4 heteroatoms. The van der Waals surface area contributed by atoms with Gasteiger partial charge in [-0.1, -0.05) is 12.1 Å². The first-order valence-electron chi connectivity index (χ1n) is 5.08. The van der Waals surface area contributed by atoms with E-state index in [1.54, 1.807) is 38.4 Å². The van der Waals surface area contributed by atoms with Gasteiger partial charge in [-0.2, -0.15) is 0 Å². The highest BCUT2D eigenvalue weighted by molar-refractivity contribution is 5.72. The quantitative estimate of drug-likeness (QED) is 0.834. The normalized spacial score (nSPS) is 12.0. The maximum absolute atomic E-state index is 11.0. The Bertz CT molecular complexity index is 348. The molecule has 16 heavy (non-hydrogen) atoms. The molecule has 0 aliphatic carbocycles. The Morgan fingerprint density at radius 2 is 2.00 bits per heavy atom. The lowest BCUT2D eigenvalue weighted by Gasteiger charge is -2.19. The van der Waals surface area contributed by atoms with Crippen molar-refractivity contribution in [2.24, 2.45) is 0 Å². The van der Waals surface area contributed by atoms with Crippen molar-refractivity contribution in [2.45, 2.75) is 13.0 Å². The minimum atomic E-state index is -0.667. The van der Waals surface area contributed by atoms with Gasteiger partial charge >= 0.3 is 0 Å². The number of ether oxygens (including phenoxy) is 1. The molecule has 1 unspecified atom stereocenters. The van der Waals surface area contributed by atoms with Crippen LogP contribution >= 0.6 is 0 Å². The molecule has 0 aliphatic heterocycles. The second-order valence-corrected chi connectivity index (χ2v) is 3.69. The number of methoxy groups -OCH3 is 1. The zero-order valence-corrected chi connectivity index (χ0v) is 9.80. The first-order valence-corrected chi connectivity index (χ1v) is 5.08. The van der Waals surface area contributed by atoms with Gasteiger partial charge in [-0.05, 0) is 17.7 Å². The molecule has 0 aromatic heterocycles. The molecular formula is C12H17NO3. The molecule has 0 heterocycles. The number of aliphatic hydroxyl groups excluding tert-OH is 1. The van der Waals surface area contributed by atoms with Crippen LogP contribution in [0.1, 0.15) is 18.6 Å². The zero-order chi connectivity index (χ0) is 12.1. The number of hydrogen-bond acceptors (Lipinski definition) is 3. The molecule has 1 aromatic rings. The summed E-state index contributed by atoms with van der Waals surface area (Å²) in [6.07, 6.45) is -0.667. The molecular weight excluding hydrogens is 206 g/mol. The van der Waals surface area contributed by atoms with Crippen LogP contribution in [0.3, 0.4) is 0 Å². The second-order valence-electron chi connectivity index (χ2n) is 3.69. The van der Waals surface area contributed by atoms with Crippen LogP contribution in [0.2, 0.25) is 0 Å². The van der Waals surface area contributed by atoms with Crippen LogP contribution in [0.5, 0.6) is 5.75 Å². The van der Waals surface area contributed by atoms with E-state index in [9.17, 15) is 9.90 Å². The Morgan fingerprint density at radius 1 is 1.44 bits per heavy atom. The van der Waals surface area contributed by atoms with Crippen molar-refractivity contribution in [1.29, 1.82) is 0 Å². The fourth-order valence-corrected chi connectivity index (χ4v) is 1.32. The lowest BCUT2D eigenvalue weighted by molar-refractivity contribution is -0.128. The third kappa shape index (κ3) is 3.24. The fraction of sp³-hybridized carbons (Fsp3) is 0.417. The molecule has 0 bridgehead atoms. The van der Waals surface area contributed by atoms with Gasteiger partial charge in [-0.3, -0.25) is 4.79 Å². The van der Waals surface area contributed by atoms with Crippen molar-refractivity contribution in [2.75, 3.05) is 20.7 Å². The highest BCUT2D eigenvalue weighted by Gasteiger charge is 2.12. The summed E-state index contributed by atoms with van der Waals surface area (Å²) in [4.78, 5) is 12.5. The summed E-state index contributed by atoms with van der Waals surface area (Å²) in [7, 11) is 3.25. The number of likely N-dealkylation sites (N-methyl/N-ethyl adjacent to an activating group) is 1. The summed E-state index contributed by atoms with van der Waals surface area (Å²) in [6, 6.07) is 7.15. The van der Waals surface area contributed by atoms with Crippen molar-refractivity contribution in [1.82, 2.24) is 4.90 Å². The van der Waals surface area contributed by atoms with Gasteiger partial charge in [0.05, 0.1) is 19.8 Å². The number of rotatable bonds is 4. The summed E-state index contributed by atoms with van der Waals surface area (Å²) >= 11 is 0. The van der Waals surface area contributed by atoms with Gasteiger partial charge in [0.15, 0.2) is 0 Å². The van der Waals surface area contributed by atoms with E-state index in [0.29, 0.717) is 6.54 Å². The van der Waals surface area contributed by atoms with Crippen LogP contribution in [0.4, 0.5) is 0 Å². The first kappa shape index (κ1) is 12.5. The highest BCUT2D eigenvalue weighted by Crippen LogP contribution is 2.18. The third-order valence-corrected chi connectivity index (χ3v) is 2.48. The summed E-state index contributed by atoms with van der Waals surface area (Å²) < 4.78 is 5.02. The topological polar surface area (TPSA) is 49.8 Å². The van der Waals surface area contributed by atoms with Crippen molar-refractivity contribution < 1.29 is 14.6 Å². The number of hydrogen-bond donors (Lipinski definition) is 1. The number of benzene rings is 1. The van der Waals surface area contributed by atoms with Crippen LogP contribution in [0, 0.1) is 0 Å². The minimum absolute atomic E-state index is 0.0624. The molecule has 0 spiro atoms. The highest BCUT2D eigenvalue weighted by atomic mass is 16.5. The number of carbonyl (C=O) groups is 1. The molecule has 4 nitrogen and oxygen atoms in total. The third-order valence-electron chi connectivity index (χ3n) is 2.48. The van der Waals surface area contributed by atoms with E-state index in [-0.39, 0.29) is 5.91 Å². The molecule has 1 amide bonds. The van der Waals surface area contributed by atoms with Crippen molar-refractivity contribution in [3.63, 3.8) is 0 Å². The maximum Gasteiger partial charge on any atom is 0.219 e. The first-order chi connectivity index (χ1) is 7.54. The SMILES string of the molecule is COc1ccc(C(O)CN(C)C(C)=O)cc1. The van der Waals surface area contributed by atoms with Crippen LogP contribution in [-0.2, 0) is 4.79 Å². The smallest absolute Gasteiger partial charge is 0.219 e. The number of aliphatic hydroxyl groups is 1. The van der Waals surface area contributed by atoms with Gasteiger partial charge in [0.1, 0.15) is 5.75 Å². The van der Waals surface area contributed by atoms with E-state index in [4.69, 9.17) is 4.74 Å². The summed E-state index contributed by atoms with van der Waals surface area (Å²) in [5.74, 6) is 0.684. The lowest BCUT2D eigenvalue weighted by atomic mass is 10.1. The Kier molecular flexibility index (Phi) is 4.31. The van der Waals surface area contributed by atoms with Gasteiger partial charge in [-0.25, -0.2) is 0 Å². The van der Waals surface area contributed by atoms with E-state index < -0.39 is 6.10 Å². The Morgan fingerprint density at radius 3 is 2.44 bits per heavy atom. The van der Waals surface area contributed by atoms with Crippen LogP contribution in [0.15, 0.2) is 24.3 Å². The van der Waals surface area contributed by atoms with E-state index in [1.165, 1.54) is 11.8 Å². The Labute approximate surface area is 95.5 Å². The van der Waals surface area contributed by atoms with E-state index in [1.807, 2.05) is 0 Å². The monoisotopic (exact) mass is 223 g/mol. The molecule has 88 valence electrons. The minimum Gasteiger partial charge on any atom is -0.497 e. The Balaban J connectivity index is 2.65. The standard InChI is InChI=1S/C12H17NO3/c1-9(14)13(2)8-12(15)10-4-6-11(16-3)7-5-10/h4-7,12,15H,8H2,1-3H3. The molecule has 0 radical (unpaired) electrons. The second kappa shape index (κ2) is 5.51. The number of nitrogens with zero attached hydrogens (tertiary/aromatic N) is 1. The van der Waals surface area contributed by atoms with Crippen molar-refractivity contribution in [3.05, 3.63) is 29.8 Å². The van der Waals surface area contributed by atoms with E-state index in [0.717, 1.165) is 11.3 Å². The van der Waals surface area contributed by atoms with Gasteiger partial charge in [0, 0.05) is 14.0 Å². The molecule has 0 aliphatic rings. The van der Waals surface area contributed by atoms with Crippen molar-refractivity contribution in [3.8, 4) is 5.75 Å². The van der Waals surface area contributed by atoms with Gasteiger partial charge in [0.25, 0.3) is 0 Å². The molecule has 1 rings (SSSR count). The van der Waals surface area contributed by atoms with Gasteiger partial charge in [-0.15, -0.1) is 0 Å². The van der Waals surface area contributed by atoms with Crippen LogP contribution in [0.25, 0.3) is 0 Å². The fourth-order valence-electron chi connectivity index (χ4n) is 1.32. The molecule has 0 saturated carbocycles. The van der Waals surface area contributed by atoms with Crippen LogP contribution in [-0.4, -0.2) is 36.6 Å². The average Bonchev–Trinajstić information content (AvgIpc) is 2.28. The molecule has 1 N–H and O–H groups in total. The maximum atomic E-state index is 11.0.